The Labute approximate surface area is 77.6 Å². The van der Waals surface area contributed by atoms with Crippen LogP contribution in [-0.4, -0.2) is 13.7 Å². The molecule has 0 atom stereocenters. The van der Waals surface area contributed by atoms with Crippen LogP contribution in [0, 0.1) is 0 Å². The number of rotatable bonds is 2. The lowest BCUT2D eigenvalue weighted by Gasteiger charge is -2.18. The van der Waals surface area contributed by atoms with Gasteiger partial charge in [-0.2, -0.15) is 0 Å². The molecule has 1 aromatic rings. The number of nitrogens with zero attached hydrogens (tertiary/aromatic N) is 1. The molecule has 0 radical (unpaired) electrons. The smallest absolute Gasteiger partial charge is 0.119 e. The van der Waals surface area contributed by atoms with E-state index in [1.54, 1.807) is 7.11 Å². The Morgan fingerprint density at radius 3 is 2.62 bits per heavy atom. The van der Waals surface area contributed by atoms with E-state index < -0.39 is 0 Å². The first-order valence-electron chi connectivity index (χ1n) is 4.23. The molecule has 2 rings (SSSR count). The largest absolute Gasteiger partial charge is 0.497 e. The van der Waals surface area contributed by atoms with Crippen molar-refractivity contribution in [2.24, 2.45) is 0 Å². The fourth-order valence-electron chi connectivity index (χ4n) is 1.30. The highest BCUT2D eigenvalue weighted by Crippen LogP contribution is 2.18. The molecule has 3 nitrogen and oxygen atoms in total. The molecular weight excluding hydrogens is 164 g/mol. The van der Waals surface area contributed by atoms with Gasteiger partial charge in [0.05, 0.1) is 19.3 Å². The van der Waals surface area contributed by atoms with E-state index in [-0.39, 0.29) is 0 Å². The molecule has 1 aromatic carbocycles. The molecule has 0 fully saturated rings. The van der Waals surface area contributed by atoms with Crippen LogP contribution in [0.2, 0.25) is 0 Å². The van der Waals surface area contributed by atoms with Gasteiger partial charge < -0.3 is 10.2 Å². The molecule has 13 heavy (non-hydrogen) atoms. The highest BCUT2D eigenvalue weighted by Gasteiger charge is 2.05. The van der Waals surface area contributed by atoms with Gasteiger partial charge in [-0.3, -0.25) is 5.01 Å². The van der Waals surface area contributed by atoms with E-state index in [0.29, 0.717) is 0 Å². The van der Waals surface area contributed by atoms with Crippen molar-refractivity contribution in [2.45, 2.75) is 0 Å². The maximum Gasteiger partial charge on any atom is 0.119 e. The van der Waals surface area contributed by atoms with Crippen molar-refractivity contribution in [2.75, 3.05) is 18.7 Å². The van der Waals surface area contributed by atoms with Crippen LogP contribution < -0.4 is 15.2 Å². The van der Waals surface area contributed by atoms with Gasteiger partial charge in [0.1, 0.15) is 5.75 Å². The first-order chi connectivity index (χ1) is 6.40. The van der Waals surface area contributed by atoms with E-state index >= 15 is 0 Å². The zero-order valence-corrected chi connectivity index (χ0v) is 7.53. The van der Waals surface area contributed by atoms with Crippen molar-refractivity contribution >= 4 is 5.69 Å². The van der Waals surface area contributed by atoms with Gasteiger partial charge in [-0.15, -0.1) is 0 Å². The molecule has 0 saturated heterocycles. The molecule has 0 amide bonds. The summed E-state index contributed by atoms with van der Waals surface area (Å²) in [5.41, 5.74) is 4.27. The summed E-state index contributed by atoms with van der Waals surface area (Å²) in [6.07, 6.45) is 4.01. The Balaban J connectivity index is 2.13. The Morgan fingerprint density at radius 1 is 1.31 bits per heavy atom. The van der Waals surface area contributed by atoms with Crippen molar-refractivity contribution in [3.05, 3.63) is 36.5 Å². The number of hydrogen-bond donors (Lipinski definition) is 1. The summed E-state index contributed by atoms with van der Waals surface area (Å²) in [6, 6.07) is 7.96. The van der Waals surface area contributed by atoms with E-state index in [1.165, 1.54) is 0 Å². The number of methoxy groups -OCH3 is 1. The summed E-state index contributed by atoms with van der Waals surface area (Å²) in [5, 5.41) is 2.06. The molecule has 0 bridgehead atoms. The fourth-order valence-corrected chi connectivity index (χ4v) is 1.30. The number of nitrogens with one attached hydrogen (secondary N) is 1. The van der Waals surface area contributed by atoms with Crippen LogP contribution in [0.3, 0.4) is 0 Å². The van der Waals surface area contributed by atoms with E-state index in [4.69, 9.17) is 4.74 Å². The van der Waals surface area contributed by atoms with Crippen LogP contribution in [0.15, 0.2) is 36.5 Å². The lowest BCUT2D eigenvalue weighted by Crippen LogP contribution is -2.29. The molecule has 3 heteroatoms. The monoisotopic (exact) mass is 176 g/mol. The van der Waals surface area contributed by atoms with Gasteiger partial charge in [0.25, 0.3) is 0 Å². The summed E-state index contributed by atoms with van der Waals surface area (Å²) in [5.74, 6) is 0.885. The Hall–Kier alpha value is -1.64. The van der Waals surface area contributed by atoms with Gasteiger partial charge in [-0.25, -0.2) is 0 Å². The molecule has 1 heterocycles. The molecule has 0 aromatic heterocycles. The third kappa shape index (κ3) is 1.59. The lowest BCUT2D eigenvalue weighted by molar-refractivity contribution is 0.415. The van der Waals surface area contributed by atoms with Gasteiger partial charge >= 0.3 is 0 Å². The maximum atomic E-state index is 5.08. The second-order valence-corrected chi connectivity index (χ2v) is 2.84. The topological polar surface area (TPSA) is 24.5 Å². The van der Waals surface area contributed by atoms with Crippen LogP contribution in [-0.2, 0) is 0 Å². The quantitative estimate of drug-likeness (QED) is 0.739. The lowest BCUT2D eigenvalue weighted by atomic mass is 10.3. The summed E-state index contributed by atoms with van der Waals surface area (Å²) in [7, 11) is 1.67. The summed E-state index contributed by atoms with van der Waals surface area (Å²) in [6.45, 7) is 0.909. The normalized spacial score (nSPS) is 14.4. The Morgan fingerprint density at radius 2 is 2.08 bits per heavy atom. The third-order valence-corrected chi connectivity index (χ3v) is 2.02. The molecule has 1 aliphatic heterocycles. The number of ether oxygens (including phenoxy) is 1. The van der Waals surface area contributed by atoms with E-state index in [0.717, 1.165) is 18.0 Å². The predicted octanol–water partition coefficient (Wildman–Crippen LogP) is 1.53. The van der Waals surface area contributed by atoms with Crippen LogP contribution in [0.1, 0.15) is 0 Å². The Bertz CT molecular complexity index is 297. The zero-order chi connectivity index (χ0) is 9.10. The molecule has 1 N–H and O–H groups in total. The molecule has 0 spiro atoms. The number of hydrazine groups is 1. The standard InChI is InChI=1S/C10H12N2O/c1-13-10-5-3-9(4-6-10)12-8-2-7-11-12/h2-7,11H,8H2,1H3. The van der Waals surface area contributed by atoms with Crippen molar-refractivity contribution in [3.63, 3.8) is 0 Å². The molecular formula is C10H12N2O. The minimum Gasteiger partial charge on any atom is -0.497 e. The van der Waals surface area contributed by atoms with Crippen molar-refractivity contribution in [1.29, 1.82) is 0 Å². The summed E-state index contributed by atoms with van der Waals surface area (Å²) in [4.78, 5) is 0. The number of anilines is 1. The maximum absolute atomic E-state index is 5.08. The summed E-state index contributed by atoms with van der Waals surface area (Å²) >= 11 is 0. The van der Waals surface area contributed by atoms with Gasteiger partial charge in [0, 0.05) is 6.20 Å². The Kier molecular flexibility index (Phi) is 2.08. The molecule has 0 unspecified atom stereocenters. The minimum absolute atomic E-state index is 0.885. The number of benzene rings is 1. The van der Waals surface area contributed by atoms with Gasteiger partial charge in [-0.1, -0.05) is 0 Å². The third-order valence-electron chi connectivity index (χ3n) is 2.02. The molecule has 68 valence electrons. The van der Waals surface area contributed by atoms with Crippen LogP contribution >= 0.6 is 0 Å². The second-order valence-electron chi connectivity index (χ2n) is 2.84. The zero-order valence-electron chi connectivity index (χ0n) is 7.53. The summed E-state index contributed by atoms with van der Waals surface area (Å²) < 4.78 is 5.08. The van der Waals surface area contributed by atoms with E-state index in [9.17, 15) is 0 Å². The SMILES string of the molecule is COc1ccc(N2CC=CN2)cc1. The van der Waals surface area contributed by atoms with Crippen LogP contribution in [0.25, 0.3) is 0 Å². The molecule has 1 aliphatic rings. The van der Waals surface area contributed by atoms with Gasteiger partial charge in [0.2, 0.25) is 0 Å². The van der Waals surface area contributed by atoms with Crippen molar-refractivity contribution < 1.29 is 4.74 Å². The first kappa shape index (κ1) is 7.98. The van der Waals surface area contributed by atoms with Crippen LogP contribution in [0.5, 0.6) is 5.75 Å². The molecule has 0 saturated carbocycles. The van der Waals surface area contributed by atoms with E-state index in [1.807, 2.05) is 30.5 Å². The average Bonchev–Trinajstić information content (AvgIpc) is 2.71. The number of hydrogen-bond acceptors (Lipinski definition) is 3. The average molecular weight is 176 g/mol. The van der Waals surface area contributed by atoms with Gasteiger partial charge in [-0.05, 0) is 30.3 Å². The van der Waals surface area contributed by atoms with Crippen molar-refractivity contribution in [1.82, 2.24) is 5.43 Å². The highest BCUT2D eigenvalue weighted by atomic mass is 16.5. The fraction of sp³-hybridized carbons (Fsp3) is 0.200. The van der Waals surface area contributed by atoms with Crippen molar-refractivity contribution in [3.8, 4) is 5.75 Å². The first-order valence-corrected chi connectivity index (χ1v) is 4.23. The van der Waals surface area contributed by atoms with Gasteiger partial charge in [0.15, 0.2) is 0 Å². The molecule has 0 aliphatic carbocycles. The second kappa shape index (κ2) is 3.39. The highest BCUT2D eigenvalue weighted by molar-refractivity contribution is 5.49. The predicted molar refractivity (Wildman–Crippen MR) is 52.6 cm³/mol. The van der Waals surface area contributed by atoms with E-state index in [2.05, 4.69) is 16.5 Å². The minimum atomic E-state index is 0.885. The van der Waals surface area contributed by atoms with Crippen LogP contribution in [0.4, 0.5) is 5.69 Å².